The lowest BCUT2D eigenvalue weighted by atomic mass is 10.1. The fraction of sp³-hybridized carbons (Fsp3) is 0.125. The Bertz CT molecular complexity index is 923. The molecule has 21 heavy (non-hydrogen) atoms. The van der Waals surface area contributed by atoms with Crippen molar-refractivity contribution in [2.45, 2.75) is 10.8 Å². The summed E-state index contributed by atoms with van der Waals surface area (Å²) in [6.45, 7) is 0. The van der Waals surface area contributed by atoms with E-state index in [0.717, 1.165) is 21.9 Å². The number of aromatic nitrogens is 3. The average Bonchev–Trinajstić information content (AvgIpc) is 3.11. The first-order valence-corrected chi connectivity index (χ1v) is 8.72. The molecule has 0 unspecified atom stereocenters. The summed E-state index contributed by atoms with van der Waals surface area (Å²) in [7, 11) is 0. The van der Waals surface area contributed by atoms with Gasteiger partial charge in [-0.1, -0.05) is 23.9 Å². The third-order valence-electron chi connectivity index (χ3n) is 3.49. The van der Waals surface area contributed by atoms with E-state index in [1.807, 2.05) is 24.4 Å². The minimum Gasteiger partial charge on any atom is -0.304 e. The first kappa shape index (κ1) is 12.9. The number of imidazole rings is 1. The molecule has 3 aromatic heterocycles. The van der Waals surface area contributed by atoms with E-state index >= 15 is 0 Å². The van der Waals surface area contributed by atoms with Crippen LogP contribution in [0.1, 0.15) is 11.3 Å². The van der Waals surface area contributed by atoms with Crippen molar-refractivity contribution in [1.82, 2.24) is 14.4 Å². The topological polar surface area (TPSA) is 30.2 Å². The van der Waals surface area contributed by atoms with E-state index in [2.05, 4.69) is 45.0 Å². The lowest BCUT2D eigenvalue weighted by Gasteiger charge is -2.02. The fourth-order valence-electron chi connectivity index (χ4n) is 2.47. The van der Waals surface area contributed by atoms with E-state index in [9.17, 15) is 0 Å². The van der Waals surface area contributed by atoms with Crippen LogP contribution in [0.5, 0.6) is 0 Å². The molecule has 0 aliphatic carbocycles. The van der Waals surface area contributed by atoms with Crippen LogP contribution in [-0.2, 0) is 6.42 Å². The number of hydrogen-bond acceptors (Lipinski definition) is 4. The summed E-state index contributed by atoms with van der Waals surface area (Å²) in [6, 6.07) is 12.6. The van der Waals surface area contributed by atoms with E-state index in [4.69, 9.17) is 0 Å². The van der Waals surface area contributed by atoms with E-state index in [1.54, 1.807) is 23.1 Å². The highest BCUT2D eigenvalue weighted by Crippen LogP contribution is 2.29. The summed E-state index contributed by atoms with van der Waals surface area (Å²) in [5, 5.41) is 0. The molecule has 0 aliphatic heterocycles. The van der Waals surface area contributed by atoms with Crippen molar-refractivity contribution in [3.8, 4) is 0 Å². The standard InChI is InChI=1S/C16H13N3S2/c1-20-16-18-13-6-5-11(9-14(13)21-16)8-12-10-17-15-4-2-3-7-19(12)15/h2-7,9-10H,8H2,1H3. The molecule has 4 rings (SSSR count). The van der Waals surface area contributed by atoms with Crippen LogP contribution < -0.4 is 0 Å². The van der Waals surface area contributed by atoms with Crippen LogP contribution in [0, 0.1) is 0 Å². The van der Waals surface area contributed by atoms with Crippen molar-refractivity contribution in [3.05, 3.63) is 60.0 Å². The summed E-state index contributed by atoms with van der Waals surface area (Å²) in [4.78, 5) is 9.03. The zero-order valence-corrected chi connectivity index (χ0v) is 13.1. The monoisotopic (exact) mass is 311 g/mol. The second-order valence-corrected chi connectivity index (χ2v) is 6.93. The molecule has 0 spiro atoms. The van der Waals surface area contributed by atoms with Crippen molar-refractivity contribution in [3.63, 3.8) is 0 Å². The molecule has 3 heterocycles. The maximum atomic E-state index is 4.58. The highest BCUT2D eigenvalue weighted by molar-refractivity contribution is 8.00. The largest absolute Gasteiger partial charge is 0.304 e. The summed E-state index contributed by atoms with van der Waals surface area (Å²) >= 11 is 3.46. The van der Waals surface area contributed by atoms with Crippen molar-refractivity contribution in [2.75, 3.05) is 6.26 Å². The molecule has 0 fully saturated rings. The van der Waals surface area contributed by atoms with Gasteiger partial charge in [-0.05, 0) is 36.1 Å². The van der Waals surface area contributed by atoms with Gasteiger partial charge in [0.2, 0.25) is 0 Å². The molecule has 104 valence electrons. The van der Waals surface area contributed by atoms with Gasteiger partial charge in [0.25, 0.3) is 0 Å². The van der Waals surface area contributed by atoms with Gasteiger partial charge >= 0.3 is 0 Å². The highest BCUT2D eigenvalue weighted by Gasteiger charge is 2.07. The SMILES string of the molecule is CSc1nc2ccc(Cc3cnc4ccccn34)cc2s1. The summed E-state index contributed by atoms with van der Waals surface area (Å²) in [5.41, 5.74) is 4.59. The molecule has 1 aromatic carbocycles. The van der Waals surface area contributed by atoms with Crippen LogP contribution >= 0.6 is 23.1 Å². The first-order chi connectivity index (χ1) is 10.3. The highest BCUT2D eigenvalue weighted by atomic mass is 32.2. The minimum absolute atomic E-state index is 0.883. The lowest BCUT2D eigenvalue weighted by Crippen LogP contribution is -1.93. The second kappa shape index (κ2) is 5.16. The Morgan fingerprint density at radius 3 is 3.10 bits per heavy atom. The molecular formula is C16H13N3S2. The average molecular weight is 311 g/mol. The minimum atomic E-state index is 0.883. The molecule has 0 atom stereocenters. The zero-order chi connectivity index (χ0) is 14.2. The number of hydrogen-bond donors (Lipinski definition) is 0. The molecule has 0 saturated heterocycles. The fourth-order valence-corrected chi connectivity index (χ4v) is 4.02. The number of thiazole rings is 1. The van der Waals surface area contributed by atoms with E-state index < -0.39 is 0 Å². The second-order valence-electron chi connectivity index (χ2n) is 4.84. The van der Waals surface area contributed by atoms with Gasteiger partial charge in [-0.25, -0.2) is 9.97 Å². The van der Waals surface area contributed by atoms with E-state index in [0.29, 0.717) is 0 Å². The molecule has 3 nitrogen and oxygen atoms in total. The van der Waals surface area contributed by atoms with E-state index in [-0.39, 0.29) is 0 Å². The number of rotatable bonds is 3. The van der Waals surface area contributed by atoms with Gasteiger partial charge in [-0.2, -0.15) is 0 Å². The number of nitrogens with zero attached hydrogens (tertiary/aromatic N) is 3. The smallest absolute Gasteiger partial charge is 0.150 e. The molecule has 0 N–H and O–H groups in total. The molecular weight excluding hydrogens is 298 g/mol. The van der Waals surface area contributed by atoms with Gasteiger partial charge in [0, 0.05) is 24.5 Å². The molecule has 0 aliphatic rings. The Kier molecular flexibility index (Phi) is 3.16. The summed E-state index contributed by atoms with van der Waals surface area (Å²) in [5.74, 6) is 0. The van der Waals surface area contributed by atoms with Crippen LogP contribution in [0.4, 0.5) is 0 Å². The predicted octanol–water partition coefficient (Wildman–Crippen LogP) is 4.26. The predicted molar refractivity (Wildman–Crippen MR) is 89.4 cm³/mol. The van der Waals surface area contributed by atoms with Crippen LogP contribution in [0.15, 0.2) is 53.1 Å². The van der Waals surface area contributed by atoms with Crippen molar-refractivity contribution < 1.29 is 0 Å². The summed E-state index contributed by atoms with van der Waals surface area (Å²) < 4.78 is 4.52. The van der Waals surface area contributed by atoms with Gasteiger partial charge in [0.15, 0.2) is 4.34 Å². The number of thioether (sulfide) groups is 1. The van der Waals surface area contributed by atoms with Crippen molar-refractivity contribution >= 4 is 39.0 Å². The van der Waals surface area contributed by atoms with Crippen LogP contribution in [0.3, 0.4) is 0 Å². The molecule has 5 heteroatoms. The lowest BCUT2D eigenvalue weighted by molar-refractivity contribution is 1.03. The van der Waals surface area contributed by atoms with Crippen LogP contribution in [0.25, 0.3) is 15.9 Å². The van der Waals surface area contributed by atoms with Gasteiger partial charge < -0.3 is 4.40 Å². The van der Waals surface area contributed by atoms with Gasteiger partial charge in [-0.3, -0.25) is 0 Å². The number of fused-ring (bicyclic) bond motifs is 2. The molecule has 4 aromatic rings. The Morgan fingerprint density at radius 1 is 1.24 bits per heavy atom. The maximum Gasteiger partial charge on any atom is 0.150 e. The number of pyridine rings is 1. The quantitative estimate of drug-likeness (QED) is 0.530. The number of benzene rings is 1. The van der Waals surface area contributed by atoms with E-state index in [1.165, 1.54) is 16.0 Å². The zero-order valence-electron chi connectivity index (χ0n) is 11.5. The Labute approximate surface area is 130 Å². The van der Waals surface area contributed by atoms with Gasteiger partial charge in [0.05, 0.1) is 10.2 Å². The van der Waals surface area contributed by atoms with Gasteiger partial charge in [-0.15, -0.1) is 11.3 Å². The van der Waals surface area contributed by atoms with Gasteiger partial charge in [0.1, 0.15) is 5.65 Å². The molecule has 0 amide bonds. The Balaban J connectivity index is 1.73. The van der Waals surface area contributed by atoms with Crippen LogP contribution in [0.2, 0.25) is 0 Å². The normalized spacial score (nSPS) is 11.5. The van der Waals surface area contributed by atoms with Crippen LogP contribution in [-0.4, -0.2) is 20.6 Å². The third-order valence-corrected chi connectivity index (χ3v) is 5.49. The molecule has 0 radical (unpaired) electrons. The third kappa shape index (κ3) is 2.32. The molecule has 0 saturated carbocycles. The Hall–Kier alpha value is -1.85. The van der Waals surface area contributed by atoms with Crippen molar-refractivity contribution in [2.24, 2.45) is 0 Å². The Morgan fingerprint density at radius 2 is 2.19 bits per heavy atom. The first-order valence-electron chi connectivity index (χ1n) is 6.68. The summed E-state index contributed by atoms with van der Waals surface area (Å²) in [6.07, 6.45) is 6.97. The molecule has 0 bridgehead atoms. The van der Waals surface area contributed by atoms with Crippen molar-refractivity contribution in [1.29, 1.82) is 0 Å². The maximum absolute atomic E-state index is 4.58.